The van der Waals surface area contributed by atoms with Crippen molar-refractivity contribution in [2.75, 3.05) is 4.90 Å². The van der Waals surface area contributed by atoms with E-state index in [4.69, 9.17) is 5.11 Å². The van der Waals surface area contributed by atoms with Gasteiger partial charge in [-0.1, -0.05) is 0 Å². The topological polar surface area (TPSA) is 66.3 Å². The Balaban J connectivity index is 0.000000320. The second-order valence-electron chi connectivity index (χ2n) is 7.69. The predicted molar refractivity (Wildman–Crippen MR) is 138 cm³/mol. The number of aromatic nitrogens is 2. The second kappa shape index (κ2) is 11.0. The number of carbonyl (C=O) groups is 1. The first-order chi connectivity index (χ1) is 16.5. The number of fused-ring (bicyclic) bond motifs is 4. The first-order valence-electron chi connectivity index (χ1n) is 10.6. The zero-order valence-corrected chi connectivity index (χ0v) is 24.7. The summed E-state index contributed by atoms with van der Waals surface area (Å²) in [6, 6.07) is 23.5. The van der Waals surface area contributed by atoms with Crippen LogP contribution in [0.3, 0.4) is 0 Å². The van der Waals surface area contributed by atoms with Crippen LogP contribution in [0.2, 0.25) is 0 Å². The van der Waals surface area contributed by atoms with Crippen molar-refractivity contribution in [3.8, 4) is 11.3 Å². The van der Waals surface area contributed by atoms with Crippen LogP contribution in [0, 0.1) is 6.07 Å². The number of rotatable bonds is 2. The molecule has 177 valence electrons. The van der Waals surface area contributed by atoms with Crippen LogP contribution in [0.1, 0.15) is 13.8 Å². The molecule has 4 aromatic rings. The molecule has 0 saturated carbocycles. The van der Waals surface area contributed by atoms with Crippen molar-refractivity contribution < 1.29 is 30.0 Å². The molecular weight excluding hydrogens is 748 g/mol. The van der Waals surface area contributed by atoms with Gasteiger partial charge in [-0.05, 0) is 13.8 Å². The molecule has 35 heavy (non-hydrogen) atoms. The van der Waals surface area contributed by atoms with Gasteiger partial charge in [-0.15, -0.1) is 0 Å². The average Bonchev–Trinajstić information content (AvgIpc) is 2.83. The van der Waals surface area contributed by atoms with Crippen LogP contribution in [-0.4, -0.2) is 50.8 Å². The quantitative estimate of drug-likeness (QED) is 0.127. The summed E-state index contributed by atoms with van der Waals surface area (Å²) in [5, 5.41) is 8.36. The monoisotopic (exact) mass is 771 g/mol. The average molecular weight is 769 g/mol. The van der Waals surface area contributed by atoms with E-state index in [1.165, 1.54) is 54.8 Å². The summed E-state index contributed by atoms with van der Waals surface area (Å²) in [5.41, 5.74) is 5.93. The first kappa shape index (κ1) is 25.5. The molecule has 3 aromatic carbocycles. The number of nitrogens with zero attached hydrogens (tertiary/aromatic N) is 3. The van der Waals surface area contributed by atoms with Crippen molar-refractivity contribution in [3.63, 3.8) is 0 Å². The summed E-state index contributed by atoms with van der Waals surface area (Å²) in [5.74, 6) is -0.0625. The van der Waals surface area contributed by atoms with Crippen LogP contribution in [-0.2, 0) is 24.9 Å². The van der Waals surface area contributed by atoms with Crippen molar-refractivity contribution in [3.05, 3.63) is 91.1 Å². The summed E-state index contributed by atoms with van der Waals surface area (Å²) in [4.78, 5) is 21.2. The number of allylic oxidation sites excluding steroid dienone is 2. The van der Waals surface area contributed by atoms with Gasteiger partial charge in [0.05, 0.1) is 5.76 Å². The number of aliphatic hydroxyl groups is 1. The molecule has 3 heterocycles. The van der Waals surface area contributed by atoms with E-state index in [1.807, 2.05) is 6.20 Å². The Morgan fingerprint density at radius 3 is 2.20 bits per heavy atom. The molecule has 2 aliphatic rings. The zero-order chi connectivity index (χ0) is 23.7. The van der Waals surface area contributed by atoms with Gasteiger partial charge in [0.25, 0.3) is 0 Å². The van der Waals surface area contributed by atoms with E-state index >= 15 is 0 Å². The van der Waals surface area contributed by atoms with Crippen LogP contribution in [0.25, 0.3) is 11.3 Å². The zero-order valence-electron chi connectivity index (χ0n) is 18.9. The van der Waals surface area contributed by atoms with Crippen LogP contribution in [0.5, 0.6) is 0 Å². The number of hydrogen-bond acceptors (Lipinski definition) is 5. The third-order valence-corrected chi connectivity index (χ3v) is 9.63. The molecule has 2 aliphatic heterocycles. The molecule has 0 spiro atoms. The Bertz CT molecular complexity index is 1350. The van der Waals surface area contributed by atoms with Gasteiger partial charge < -0.3 is 5.11 Å². The van der Waals surface area contributed by atoms with Gasteiger partial charge in [0, 0.05) is 26.2 Å². The molecule has 0 bridgehead atoms. The van der Waals surface area contributed by atoms with E-state index in [1.54, 1.807) is 12.4 Å². The van der Waals surface area contributed by atoms with Crippen LogP contribution >= 0.6 is 0 Å². The van der Waals surface area contributed by atoms with Gasteiger partial charge in [-0.25, -0.2) is 0 Å². The van der Waals surface area contributed by atoms with E-state index in [2.05, 4.69) is 75.5 Å². The third-order valence-electron chi connectivity index (χ3n) is 5.09. The van der Waals surface area contributed by atoms with Gasteiger partial charge in [-0.2, -0.15) is 0 Å². The van der Waals surface area contributed by atoms with Gasteiger partial charge in [0.15, 0.2) is 5.78 Å². The summed E-state index contributed by atoms with van der Waals surface area (Å²) < 4.78 is 5.55. The number of aliphatic hydroxyl groups excluding tert-OH is 1. The molecule has 8 heteroatoms. The second-order valence-corrected chi connectivity index (χ2v) is 12.2. The molecule has 1 radical (unpaired) electrons. The molecule has 0 aliphatic carbocycles. The van der Waals surface area contributed by atoms with Crippen LogP contribution in [0.4, 0.5) is 17.1 Å². The van der Waals surface area contributed by atoms with E-state index in [9.17, 15) is 4.79 Å². The summed E-state index contributed by atoms with van der Waals surface area (Å²) >= 11 is 0.503. The molecule has 6 rings (SSSR count). The van der Waals surface area contributed by atoms with E-state index in [0.717, 1.165) is 11.3 Å². The van der Waals surface area contributed by atoms with E-state index in [-0.39, 0.29) is 61.6 Å². The fourth-order valence-corrected chi connectivity index (χ4v) is 8.77. The fourth-order valence-electron chi connectivity index (χ4n) is 3.82. The number of benzene rings is 3. The van der Waals surface area contributed by atoms with E-state index in [0.29, 0.717) is 0 Å². The molecule has 5 nitrogen and oxygen atoms in total. The van der Waals surface area contributed by atoms with Gasteiger partial charge >= 0.3 is 170 Å². The van der Waals surface area contributed by atoms with Crippen molar-refractivity contribution in [2.24, 2.45) is 0 Å². The summed E-state index contributed by atoms with van der Waals surface area (Å²) in [6.07, 6.45) is 6.46. The van der Waals surface area contributed by atoms with Gasteiger partial charge in [0.2, 0.25) is 0 Å². The Hall–Kier alpha value is -2.56. The Morgan fingerprint density at radius 1 is 0.971 bits per heavy atom. The van der Waals surface area contributed by atoms with Crippen molar-refractivity contribution >= 4 is 70.6 Å². The maximum atomic E-state index is 10.0. The van der Waals surface area contributed by atoms with Gasteiger partial charge in [-0.3, -0.25) is 4.79 Å². The molecule has 1 aromatic heterocycles. The number of para-hydroxylation sites is 2. The maximum absolute atomic E-state index is 10.0. The Labute approximate surface area is 230 Å². The third kappa shape index (κ3) is 5.34. The molecule has 0 saturated heterocycles. The molecule has 0 atom stereocenters. The standard InChI is InChI=1S/C22H12N3Se2.C5H8O2.Ir/c1-3-7-18-16(5-1)25-17-6-2-4-8-19(17)27-21-12-14(11-20(26-18)22(21)25)15-13-23-9-10-24-15;1-4(6)3-5(2)7;/h1-11,13H;3,6H,1-2H3;/q-1;;/b;4-3-;. The normalized spacial score (nSPS) is 12.7. The van der Waals surface area contributed by atoms with Crippen LogP contribution < -0.4 is 22.7 Å². The summed E-state index contributed by atoms with van der Waals surface area (Å²) in [6.45, 7) is 2.85. The minimum absolute atomic E-state index is 0. The predicted octanol–water partition coefficient (Wildman–Crippen LogP) is 2.39. The SMILES string of the molecule is CC(=O)/C=C(/C)O.[Ir].[c-]1c(-c2cnccn2)cc2c3c1[Se]c1ccccc1N3c1ccccc1[Se]2. The van der Waals surface area contributed by atoms with Crippen molar-refractivity contribution in [2.45, 2.75) is 13.8 Å². The Kier molecular flexibility index (Phi) is 8.03. The molecular formula is C27H20IrN3O2Se2-. The molecule has 1 N–H and O–H groups in total. The van der Waals surface area contributed by atoms with Crippen LogP contribution in [0.15, 0.2) is 85.0 Å². The number of hydrogen-bond donors (Lipinski definition) is 1. The molecule has 0 unspecified atom stereocenters. The Morgan fingerprint density at radius 2 is 1.63 bits per heavy atom. The van der Waals surface area contributed by atoms with Gasteiger partial charge in [0.1, 0.15) is 0 Å². The summed E-state index contributed by atoms with van der Waals surface area (Å²) in [7, 11) is 0. The molecule has 0 fully saturated rings. The molecule has 0 amide bonds. The first-order valence-corrected chi connectivity index (χ1v) is 14.0. The number of carbonyl (C=O) groups excluding carboxylic acids is 1. The van der Waals surface area contributed by atoms with E-state index < -0.39 is 0 Å². The number of anilines is 3. The minimum atomic E-state index is -0.125. The van der Waals surface area contributed by atoms with Crippen molar-refractivity contribution in [1.82, 2.24) is 9.97 Å². The fraction of sp³-hybridized carbons (Fsp3) is 0.0741. The number of ketones is 1. The van der Waals surface area contributed by atoms with Crippen molar-refractivity contribution in [1.29, 1.82) is 0 Å².